The summed E-state index contributed by atoms with van der Waals surface area (Å²) >= 11 is 0. The van der Waals surface area contributed by atoms with Gasteiger partial charge in [0, 0.05) is 50.3 Å². The second-order valence-corrected chi connectivity index (χ2v) is 18.1. The number of nitrogens with zero attached hydrogens (tertiary/aromatic N) is 4. The van der Waals surface area contributed by atoms with Crippen molar-refractivity contribution in [3.63, 3.8) is 0 Å². The molecule has 4 nitrogen and oxygen atoms in total. The fourth-order valence-corrected chi connectivity index (χ4v) is 7.68. The molecule has 0 aromatic heterocycles. The summed E-state index contributed by atoms with van der Waals surface area (Å²) in [5.41, 5.74) is 1.65. The average molecular weight is 661 g/mol. The molecule has 4 rings (SSSR count). The van der Waals surface area contributed by atoms with E-state index < -0.39 is 0 Å². The van der Waals surface area contributed by atoms with Crippen molar-refractivity contribution in [1.82, 2.24) is 19.6 Å². The second-order valence-electron chi connectivity index (χ2n) is 18.1. The minimum Gasteiger partial charge on any atom is -0.301 e. The van der Waals surface area contributed by atoms with Crippen LogP contribution in [0.2, 0.25) is 0 Å². The predicted octanol–water partition coefficient (Wildman–Crippen LogP) is 10.6. The van der Waals surface area contributed by atoms with Crippen LogP contribution in [-0.4, -0.2) is 96.1 Å². The predicted molar refractivity (Wildman–Crippen MR) is 212 cm³/mol. The Morgan fingerprint density at radius 3 is 1.19 bits per heavy atom. The lowest BCUT2D eigenvalue weighted by Gasteiger charge is -2.37. The largest absolute Gasteiger partial charge is 0.301 e. The highest BCUT2D eigenvalue weighted by Gasteiger charge is 2.26. The summed E-state index contributed by atoms with van der Waals surface area (Å²) in [7, 11) is 0. The Morgan fingerprint density at radius 1 is 0.447 bits per heavy atom. The highest BCUT2D eigenvalue weighted by atomic mass is 15.2. The summed E-state index contributed by atoms with van der Waals surface area (Å²) < 4.78 is 0. The first-order valence-corrected chi connectivity index (χ1v) is 20.6. The first-order valence-electron chi connectivity index (χ1n) is 20.6. The second kappa shape index (κ2) is 23.1. The van der Waals surface area contributed by atoms with Gasteiger partial charge in [0.1, 0.15) is 0 Å². The van der Waals surface area contributed by atoms with Crippen LogP contribution in [0.3, 0.4) is 0 Å². The van der Waals surface area contributed by atoms with Crippen LogP contribution in [0.1, 0.15) is 149 Å². The van der Waals surface area contributed by atoms with Crippen LogP contribution in [0.4, 0.5) is 0 Å². The van der Waals surface area contributed by atoms with Crippen molar-refractivity contribution in [1.29, 1.82) is 0 Å². The lowest BCUT2D eigenvalue weighted by atomic mass is 9.86. The minimum atomic E-state index is 0.704. The third kappa shape index (κ3) is 17.4. The number of hydrogen-bond acceptors (Lipinski definition) is 4. The van der Waals surface area contributed by atoms with Gasteiger partial charge in [-0.25, -0.2) is 0 Å². The van der Waals surface area contributed by atoms with Crippen molar-refractivity contribution in [2.24, 2.45) is 41.4 Å². The van der Waals surface area contributed by atoms with E-state index in [1.54, 1.807) is 5.57 Å². The third-order valence-electron chi connectivity index (χ3n) is 12.1. The Kier molecular flexibility index (Phi) is 22.0. The molecular weight excluding hydrogens is 573 g/mol. The maximum absolute atomic E-state index is 2.62. The summed E-state index contributed by atoms with van der Waals surface area (Å²) in [5, 5.41) is 0. The number of rotatable bonds is 8. The molecule has 0 spiro atoms. The van der Waals surface area contributed by atoms with Crippen LogP contribution in [0.25, 0.3) is 0 Å². The monoisotopic (exact) mass is 661 g/mol. The van der Waals surface area contributed by atoms with Gasteiger partial charge < -0.3 is 14.7 Å². The van der Waals surface area contributed by atoms with E-state index in [1.807, 2.05) is 0 Å². The highest BCUT2D eigenvalue weighted by Crippen LogP contribution is 2.27. The van der Waals surface area contributed by atoms with Gasteiger partial charge in [-0.2, -0.15) is 0 Å². The molecule has 3 fully saturated rings. The zero-order chi connectivity index (χ0) is 35.8. The van der Waals surface area contributed by atoms with Gasteiger partial charge in [0.25, 0.3) is 0 Å². The van der Waals surface area contributed by atoms with E-state index in [-0.39, 0.29) is 0 Å². The third-order valence-corrected chi connectivity index (χ3v) is 12.1. The van der Waals surface area contributed by atoms with Crippen molar-refractivity contribution in [2.45, 2.75) is 173 Å². The van der Waals surface area contributed by atoms with Crippen molar-refractivity contribution >= 4 is 0 Å². The van der Waals surface area contributed by atoms with Gasteiger partial charge >= 0.3 is 0 Å². The summed E-state index contributed by atoms with van der Waals surface area (Å²) in [6, 6.07) is 2.94. The molecule has 280 valence electrons. The normalized spacial score (nSPS) is 24.2. The molecule has 4 aliphatic rings. The molecule has 0 amide bonds. The van der Waals surface area contributed by atoms with Crippen molar-refractivity contribution in [3.05, 3.63) is 11.6 Å². The molecule has 3 saturated heterocycles. The maximum Gasteiger partial charge on any atom is 0.0168 e. The summed E-state index contributed by atoms with van der Waals surface area (Å²) in [6.07, 6.45) is 10.8. The Bertz CT molecular complexity index is 759. The molecule has 0 saturated carbocycles. The number of piperidine rings is 2. The first kappa shape index (κ1) is 44.6. The summed E-state index contributed by atoms with van der Waals surface area (Å²) in [4.78, 5) is 10.3. The van der Waals surface area contributed by atoms with Gasteiger partial charge in [0.15, 0.2) is 0 Å². The highest BCUT2D eigenvalue weighted by molar-refractivity contribution is 5.09. The van der Waals surface area contributed by atoms with Gasteiger partial charge in [-0.3, -0.25) is 4.90 Å². The molecule has 4 heteroatoms. The SMILES string of the molecule is CC(C)C1=CCN(C(C)C)CC1.CC(C)C1CCCN(C(C)C)C1.CC(C)C1CCN(C(C)C)C1.CC(C)C1CCN(C(C)C)CC1. The van der Waals surface area contributed by atoms with Gasteiger partial charge in [-0.1, -0.05) is 67.0 Å². The Labute approximate surface area is 297 Å². The smallest absolute Gasteiger partial charge is 0.0168 e. The van der Waals surface area contributed by atoms with E-state index in [0.717, 1.165) is 66.1 Å². The molecule has 0 N–H and O–H groups in total. The minimum absolute atomic E-state index is 0.704. The van der Waals surface area contributed by atoms with Crippen LogP contribution < -0.4 is 0 Å². The van der Waals surface area contributed by atoms with Crippen LogP contribution in [-0.2, 0) is 0 Å². The summed E-state index contributed by atoms with van der Waals surface area (Å²) in [6.45, 7) is 47.4. The lowest BCUT2D eigenvalue weighted by molar-refractivity contribution is 0.117. The number of likely N-dealkylation sites (tertiary alicyclic amines) is 3. The molecule has 0 radical (unpaired) electrons. The van der Waals surface area contributed by atoms with Gasteiger partial charge in [-0.15, -0.1) is 0 Å². The molecule has 4 aliphatic heterocycles. The van der Waals surface area contributed by atoms with Crippen LogP contribution in [0, 0.1) is 41.4 Å². The first-order chi connectivity index (χ1) is 21.9. The number of hydrogen-bond donors (Lipinski definition) is 0. The van der Waals surface area contributed by atoms with Crippen LogP contribution in [0.15, 0.2) is 11.6 Å². The molecule has 2 unspecified atom stereocenters. The van der Waals surface area contributed by atoms with E-state index in [0.29, 0.717) is 6.04 Å². The molecule has 47 heavy (non-hydrogen) atoms. The van der Waals surface area contributed by atoms with Crippen molar-refractivity contribution in [2.75, 3.05) is 52.4 Å². The van der Waals surface area contributed by atoms with Crippen molar-refractivity contribution in [3.8, 4) is 0 Å². The molecule has 4 heterocycles. The zero-order valence-electron chi connectivity index (χ0n) is 35.1. The maximum atomic E-state index is 2.62. The Morgan fingerprint density at radius 2 is 0.851 bits per heavy atom. The average Bonchev–Trinajstić information content (AvgIpc) is 3.54. The summed E-state index contributed by atoms with van der Waals surface area (Å²) in [5.74, 6) is 6.27. The van der Waals surface area contributed by atoms with E-state index >= 15 is 0 Å². The molecule has 2 atom stereocenters. The molecular formula is C43H88N4. The Balaban J connectivity index is 0.000000314. The van der Waals surface area contributed by atoms with Gasteiger partial charge in [0.2, 0.25) is 0 Å². The zero-order valence-corrected chi connectivity index (χ0v) is 35.1. The van der Waals surface area contributed by atoms with E-state index in [1.165, 1.54) is 84.3 Å². The standard InChI is InChI=1S/C11H23N.C11H21N.C11H23N.C10H21N/c2*1-9(2)11-5-7-12(8-6-11)10(3)4;1-9(2)11-6-5-7-12(8-11)10(3)4;1-8(2)10-5-6-11(7-10)9(3)4/h9-11H,5-8H2,1-4H3;5,9-10H,6-8H2,1-4H3;9-11H,5-8H2,1-4H3;8-10H,5-7H2,1-4H3. The quantitative estimate of drug-likeness (QED) is 0.240. The van der Waals surface area contributed by atoms with Gasteiger partial charge in [0.05, 0.1) is 0 Å². The topological polar surface area (TPSA) is 13.0 Å². The molecule has 0 aromatic carbocycles. The fraction of sp³-hybridized carbons (Fsp3) is 0.953. The molecule has 0 aliphatic carbocycles. The molecule has 0 bridgehead atoms. The fourth-order valence-electron chi connectivity index (χ4n) is 7.68. The van der Waals surface area contributed by atoms with Gasteiger partial charge in [-0.05, 0) is 162 Å². The van der Waals surface area contributed by atoms with E-state index in [4.69, 9.17) is 0 Å². The van der Waals surface area contributed by atoms with Crippen LogP contribution >= 0.6 is 0 Å². The van der Waals surface area contributed by atoms with E-state index in [2.05, 4.69) is 136 Å². The molecule has 0 aromatic rings. The van der Waals surface area contributed by atoms with E-state index in [9.17, 15) is 0 Å². The Hall–Kier alpha value is -0.420. The van der Waals surface area contributed by atoms with Crippen molar-refractivity contribution < 1.29 is 0 Å². The van der Waals surface area contributed by atoms with Crippen LogP contribution in [0.5, 0.6) is 0 Å². The lowest BCUT2D eigenvalue weighted by Crippen LogP contribution is -2.41.